The first-order chi connectivity index (χ1) is 15.3. The highest BCUT2D eigenvalue weighted by molar-refractivity contribution is 7.89. The molecule has 0 fully saturated rings. The van der Waals surface area contributed by atoms with Crippen molar-refractivity contribution < 1.29 is 17.9 Å². The molecule has 1 atom stereocenters. The van der Waals surface area contributed by atoms with E-state index in [-0.39, 0.29) is 10.8 Å². The lowest BCUT2D eigenvalue weighted by Gasteiger charge is -2.16. The second-order valence-corrected chi connectivity index (χ2v) is 8.97. The topological polar surface area (TPSA) is 111 Å². The summed E-state index contributed by atoms with van der Waals surface area (Å²) in [7, 11) is -3.77. The van der Waals surface area contributed by atoms with Gasteiger partial charge in [0.2, 0.25) is 15.9 Å². The zero-order valence-electron chi connectivity index (χ0n) is 17.8. The van der Waals surface area contributed by atoms with Gasteiger partial charge in [0.05, 0.1) is 18.1 Å². The fraction of sp³-hybridized carbons (Fsp3) is 0.208. The van der Waals surface area contributed by atoms with Crippen LogP contribution in [-0.4, -0.2) is 27.0 Å². The van der Waals surface area contributed by atoms with Gasteiger partial charge in [-0.15, -0.1) is 0 Å². The molecule has 0 saturated heterocycles. The molecule has 0 aliphatic rings. The van der Waals surface area contributed by atoms with E-state index >= 15 is 0 Å². The number of primary sulfonamides is 1. The highest BCUT2D eigenvalue weighted by atomic mass is 32.2. The van der Waals surface area contributed by atoms with Gasteiger partial charge in [0, 0.05) is 11.4 Å². The van der Waals surface area contributed by atoms with E-state index in [1.165, 1.54) is 29.8 Å². The van der Waals surface area contributed by atoms with E-state index in [4.69, 9.17) is 9.88 Å². The molecular formula is C24H27N3O4S. The summed E-state index contributed by atoms with van der Waals surface area (Å²) in [5, 5.41) is 11.0. The molecule has 8 heteroatoms. The van der Waals surface area contributed by atoms with Crippen LogP contribution in [0.4, 0.5) is 11.4 Å². The van der Waals surface area contributed by atoms with Crippen LogP contribution in [0.2, 0.25) is 0 Å². The lowest BCUT2D eigenvalue weighted by Crippen LogP contribution is -2.31. The molecule has 0 aliphatic heterocycles. The zero-order chi connectivity index (χ0) is 23.0. The zero-order valence-corrected chi connectivity index (χ0v) is 18.6. The van der Waals surface area contributed by atoms with Crippen LogP contribution in [0.1, 0.15) is 18.1 Å². The molecule has 3 aromatic carbocycles. The normalized spacial score (nSPS) is 12.2. The minimum absolute atomic E-state index is 0.00975. The number of sulfonamides is 1. The average Bonchev–Trinajstić information content (AvgIpc) is 2.77. The number of anilines is 2. The van der Waals surface area contributed by atoms with Crippen LogP contribution in [0, 0.1) is 0 Å². The van der Waals surface area contributed by atoms with Crippen molar-refractivity contribution in [3.63, 3.8) is 0 Å². The van der Waals surface area contributed by atoms with Crippen molar-refractivity contribution in [2.75, 3.05) is 17.2 Å². The Bertz CT molecular complexity index is 1130. The Labute approximate surface area is 188 Å². The average molecular weight is 454 g/mol. The molecule has 0 heterocycles. The molecule has 7 nitrogen and oxygen atoms in total. The van der Waals surface area contributed by atoms with Crippen LogP contribution >= 0.6 is 0 Å². The van der Waals surface area contributed by atoms with Crippen molar-refractivity contribution >= 4 is 27.3 Å². The van der Waals surface area contributed by atoms with Crippen molar-refractivity contribution in [2.45, 2.75) is 30.9 Å². The molecule has 3 rings (SSSR count). The van der Waals surface area contributed by atoms with Gasteiger partial charge >= 0.3 is 0 Å². The van der Waals surface area contributed by atoms with E-state index in [0.717, 1.165) is 17.7 Å². The summed E-state index contributed by atoms with van der Waals surface area (Å²) in [4.78, 5) is 12.5. The summed E-state index contributed by atoms with van der Waals surface area (Å²) in [6, 6.07) is 23.1. The summed E-state index contributed by atoms with van der Waals surface area (Å²) in [5.41, 5.74) is 3.54. The van der Waals surface area contributed by atoms with Crippen LogP contribution in [0.5, 0.6) is 0 Å². The number of carbonyl (C=O) groups excluding carboxylic acids is 1. The van der Waals surface area contributed by atoms with Crippen LogP contribution in [0.15, 0.2) is 83.8 Å². The number of carbonyl (C=O) groups is 1. The van der Waals surface area contributed by atoms with Crippen LogP contribution in [0.25, 0.3) is 0 Å². The van der Waals surface area contributed by atoms with Crippen LogP contribution < -0.4 is 15.8 Å². The smallest absolute Gasteiger partial charge is 0.246 e. The van der Waals surface area contributed by atoms with E-state index in [2.05, 4.69) is 22.8 Å². The molecule has 0 aliphatic carbocycles. The molecule has 0 radical (unpaired) electrons. The molecule has 168 valence electrons. The highest BCUT2D eigenvalue weighted by Crippen LogP contribution is 2.16. The third kappa shape index (κ3) is 7.19. The number of nitrogens with one attached hydrogen (secondary N) is 2. The number of amides is 1. The lowest BCUT2D eigenvalue weighted by atomic mass is 10.1. The minimum atomic E-state index is -3.77. The lowest BCUT2D eigenvalue weighted by molar-refractivity contribution is -0.116. The summed E-state index contributed by atoms with van der Waals surface area (Å²) < 4.78 is 28.4. The maximum absolute atomic E-state index is 12.5. The Morgan fingerprint density at radius 1 is 0.938 bits per heavy atom. The van der Waals surface area contributed by atoms with Gasteiger partial charge in [-0.05, 0) is 60.9 Å². The van der Waals surface area contributed by atoms with Gasteiger partial charge in [-0.2, -0.15) is 0 Å². The summed E-state index contributed by atoms with van der Waals surface area (Å²) >= 11 is 0. The van der Waals surface area contributed by atoms with Crippen molar-refractivity contribution in [3.05, 3.63) is 90.0 Å². The van der Waals surface area contributed by atoms with Crippen molar-refractivity contribution in [1.82, 2.24) is 0 Å². The predicted octanol–water partition coefficient (Wildman–Crippen LogP) is 3.53. The van der Waals surface area contributed by atoms with E-state index < -0.39 is 16.1 Å². The maximum atomic E-state index is 12.5. The molecule has 32 heavy (non-hydrogen) atoms. The SMILES string of the molecule is CC(Nc1cccc(COCCc2ccccc2)c1)C(=O)Nc1ccc(S(N)(=O)=O)cc1. The van der Waals surface area contributed by atoms with Gasteiger partial charge in [0.25, 0.3) is 0 Å². The Hall–Kier alpha value is -3.20. The number of hydrogen-bond donors (Lipinski definition) is 3. The third-order valence-electron chi connectivity index (χ3n) is 4.80. The second-order valence-electron chi connectivity index (χ2n) is 7.41. The van der Waals surface area contributed by atoms with Crippen LogP contribution in [0.3, 0.4) is 0 Å². The minimum Gasteiger partial charge on any atom is -0.376 e. The van der Waals surface area contributed by atoms with Gasteiger partial charge in [0.15, 0.2) is 0 Å². The number of rotatable bonds is 10. The molecule has 1 amide bonds. The number of ether oxygens (including phenoxy) is 1. The van der Waals surface area contributed by atoms with Gasteiger partial charge in [-0.25, -0.2) is 13.6 Å². The Morgan fingerprint density at radius 2 is 1.62 bits per heavy atom. The first-order valence-electron chi connectivity index (χ1n) is 10.2. The Balaban J connectivity index is 1.48. The summed E-state index contributed by atoms with van der Waals surface area (Å²) in [6.07, 6.45) is 0.855. The van der Waals surface area contributed by atoms with E-state index in [9.17, 15) is 13.2 Å². The highest BCUT2D eigenvalue weighted by Gasteiger charge is 2.14. The molecule has 4 N–H and O–H groups in total. The molecule has 0 aromatic heterocycles. The Morgan fingerprint density at radius 3 is 2.31 bits per heavy atom. The first-order valence-corrected chi connectivity index (χ1v) is 11.8. The largest absolute Gasteiger partial charge is 0.376 e. The van der Waals surface area contributed by atoms with E-state index in [1.54, 1.807) is 6.92 Å². The quantitative estimate of drug-likeness (QED) is 0.407. The number of hydrogen-bond acceptors (Lipinski definition) is 5. The standard InChI is InChI=1S/C24H27N3O4S/c1-18(24(28)27-21-10-12-23(13-11-21)32(25,29)30)26-22-9-5-8-20(16-22)17-31-15-14-19-6-3-2-4-7-19/h2-13,16,18,26H,14-15,17H2,1H3,(H,27,28)(H2,25,29,30). The summed E-state index contributed by atoms with van der Waals surface area (Å²) in [5.74, 6) is -0.252. The fourth-order valence-electron chi connectivity index (χ4n) is 3.07. The second kappa shape index (κ2) is 10.9. The maximum Gasteiger partial charge on any atom is 0.246 e. The van der Waals surface area contributed by atoms with Gasteiger partial charge < -0.3 is 15.4 Å². The fourth-order valence-corrected chi connectivity index (χ4v) is 3.59. The molecule has 0 bridgehead atoms. The number of benzene rings is 3. The molecule has 3 aromatic rings. The number of nitrogens with two attached hydrogens (primary N) is 1. The molecular weight excluding hydrogens is 426 g/mol. The van der Waals surface area contributed by atoms with E-state index in [0.29, 0.717) is 18.9 Å². The van der Waals surface area contributed by atoms with Gasteiger partial charge in [-0.3, -0.25) is 4.79 Å². The first kappa shape index (κ1) is 23.5. The third-order valence-corrected chi connectivity index (χ3v) is 5.73. The van der Waals surface area contributed by atoms with Gasteiger partial charge in [-0.1, -0.05) is 42.5 Å². The molecule has 0 saturated carbocycles. The summed E-state index contributed by atoms with van der Waals surface area (Å²) in [6.45, 7) is 2.86. The predicted molar refractivity (Wildman–Crippen MR) is 126 cm³/mol. The van der Waals surface area contributed by atoms with Crippen molar-refractivity contribution in [1.29, 1.82) is 0 Å². The van der Waals surface area contributed by atoms with Crippen LogP contribution in [-0.2, 0) is 32.6 Å². The van der Waals surface area contributed by atoms with E-state index in [1.807, 2.05) is 42.5 Å². The monoisotopic (exact) mass is 453 g/mol. The molecule has 0 spiro atoms. The van der Waals surface area contributed by atoms with Crippen molar-refractivity contribution in [2.24, 2.45) is 5.14 Å². The molecule has 1 unspecified atom stereocenters. The van der Waals surface area contributed by atoms with Gasteiger partial charge in [0.1, 0.15) is 6.04 Å². The van der Waals surface area contributed by atoms with Crippen molar-refractivity contribution in [3.8, 4) is 0 Å². The Kier molecular flexibility index (Phi) is 7.99.